The van der Waals surface area contributed by atoms with Gasteiger partial charge in [-0.3, -0.25) is 0 Å². The fourth-order valence-corrected chi connectivity index (χ4v) is 3.68. The van der Waals surface area contributed by atoms with Crippen molar-refractivity contribution >= 4 is 21.6 Å². The second-order valence-electron chi connectivity index (χ2n) is 5.84. The summed E-state index contributed by atoms with van der Waals surface area (Å²) in [5.74, 6) is 0. The van der Waals surface area contributed by atoms with Crippen LogP contribution in [0.5, 0.6) is 0 Å². The molecule has 2 aromatic heterocycles. The van der Waals surface area contributed by atoms with Gasteiger partial charge in [-0.1, -0.05) is 0 Å². The number of ether oxygens (including phenoxy) is 1. The summed E-state index contributed by atoms with van der Waals surface area (Å²) in [6.45, 7) is 3.15. The molecule has 1 spiro atoms. The van der Waals surface area contributed by atoms with Gasteiger partial charge in [0.2, 0.25) is 0 Å². The van der Waals surface area contributed by atoms with Gasteiger partial charge >= 0.3 is 0 Å². The molecule has 0 aromatic carbocycles. The summed E-state index contributed by atoms with van der Waals surface area (Å²) in [4.78, 5) is 4.47. The van der Waals surface area contributed by atoms with Crippen LogP contribution < -0.4 is 5.32 Å². The molecule has 2 aliphatic rings. The van der Waals surface area contributed by atoms with Crippen molar-refractivity contribution in [2.45, 2.75) is 25.4 Å². The molecule has 2 aliphatic heterocycles. The van der Waals surface area contributed by atoms with Crippen LogP contribution in [0.15, 0.2) is 23.1 Å². The minimum atomic E-state index is 0.336. The Hall–Kier alpha value is -0.980. The molecule has 0 radical (unpaired) electrons. The Morgan fingerprint density at radius 2 is 2.25 bits per heavy atom. The molecular weight excluding hydrogens is 320 g/mol. The highest BCUT2D eigenvalue weighted by molar-refractivity contribution is 9.10. The molecule has 20 heavy (non-hydrogen) atoms. The van der Waals surface area contributed by atoms with E-state index >= 15 is 0 Å². The van der Waals surface area contributed by atoms with Crippen LogP contribution in [-0.4, -0.2) is 40.4 Å². The van der Waals surface area contributed by atoms with E-state index in [1.165, 1.54) is 18.4 Å². The van der Waals surface area contributed by atoms with Gasteiger partial charge in [0, 0.05) is 24.2 Å². The van der Waals surface area contributed by atoms with Crippen molar-refractivity contribution in [3.8, 4) is 0 Å². The van der Waals surface area contributed by atoms with Crippen LogP contribution in [0.4, 0.5) is 0 Å². The Labute approximate surface area is 125 Å². The Kier molecular flexibility index (Phi) is 3.05. The molecule has 0 amide bonds. The zero-order chi connectivity index (χ0) is 13.6. The lowest BCUT2D eigenvalue weighted by Gasteiger charge is -2.51. The molecule has 0 aliphatic carbocycles. The standard InChI is InChI=1S/C14H17BrN4O/c15-11-7-18-19-8-10(6-17-13(11)19)5-12-14(9-20-12)1-3-16-4-2-14/h6-8,12,16H,1-5,9H2. The first kappa shape index (κ1) is 12.7. The number of nitrogens with zero attached hydrogens (tertiary/aromatic N) is 3. The first-order valence-electron chi connectivity index (χ1n) is 7.07. The van der Waals surface area contributed by atoms with Crippen LogP contribution in [0.3, 0.4) is 0 Å². The molecule has 1 unspecified atom stereocenters. The molecule has 1 atom stereocenters. The van der Waals surface area contributed by atoms with E-state index in [0.717, 1.165) is 36.2 Å². The van der Waals surface area contributed by atoms with Crippen molar-refractivity contribution in [1.29, 1.82) is 0 Å². The molecule has 4 heterocycles. The molecule has 2 fully saturated rings. The van der Waals surface area contributed by atoms with Crippen molar-refractivity contribution < 1.29 is 4.74 Å². The maximum absolute atomic E-state index is 5.85. The number of rotatable bonds is 2. The Morgan fingerprint density at radius 3 is 3.00 bits per heavy atom. The van der Waals surface area contributed by atoms with E-state index in [1.807, 2.05) is 10.7 Å². The number of piperidine rings is 1. The number of fused-ring (bicyclic) bond motifs is 1. The van der Waals surface area contributed by atoms with E-state index < -0.39 is 0 Å². The van der Waals surface area contributed by atoms with Crippen LogP contribution in [0.25, 0.3) is 5.65 Å². The third kappa shape index (κ3) is 1.98. The quantitative estimate of drug-likeness (QED) is 0.908. The monoisotopic (exact) mass is 336 g/mol. The van der Waals surface area contributed by atoms with Crippen molar-refractivity contribution in [2.24, 2.45) is 5.41 Å². The normalized spacial score (nSPS) is 24.9. The van der Waals surface area contributed by atoms with Crippen LogP contribution in [0, 0.1) is 5.41 Å². The van der Waals surface area contributed by atoms with Crippen LogP contribution in [-0.2, 0) is 11.2 Å². The van der Waals surface area contributed by atoms with Gasteiger partial charge in [-0.25, -0.2) is 9.50 Å². The Balaban J connectivity index is 1.55. The lowest BCUT2D eigenvalue weighted by Crippen LogP contribution is -2.57. The maximum Gasteiger partial charge on any atom is 0.169 e. The van der Waals surface area contributed by atoms with Crippen LogP contribution in [0.2, 0.25) is 0 Å². The largest absolute Gasteiger partial charge is 0.377 e. The molecule has 1 N–H and O–H groups in total. The molecule has 5 nitrogen and oxygen atoms in total. The van der Waals surface area contributed by atoms with E-state index in [2.05, 4.69) is 37.5 Å². The second kappa shape index (κ2) is 4.79. The zero-order valence-corrected chi connectivity index (χ0v) is 12.8. The van der Waals surface area contributed by atoms with Gasteiger partial charge in [0.05, 0.1) is 23.4 Å². The van der Waals surface area contributed by atoms with Gasteiger partial charge in [0.25, 0.3) is 0 Å². The summed E-state index contributed by atoms with van der Waals surface area (Å²) in [6.07, 6.45) is 9.49. The molecule has 4 rings (SSSR count). The topological polar surface area (TPSA) is 51.5 Å². The average molecular weight is 337 g/mol. The number of aromatic nitrogens is 3. The van der Waals surface area contributed by atoms with E-state index in [0.29, 0.717) is 11.5 Å². The van der Waals surface area contributed by atoms with Crippen molar-refractivity contribution in [2.75, 3.05) is 19.7 Å². The Bertz CT molecular complexity index is 635. The maximum atomic E-state index is 5.85. The van der Waals surface area contributed by atoms with Gasteiger partial charge in [-0.05, 0) is 47.4 Å². The highest BCUT2D eigenvalue weighted by atomic mass is 79.9. The predicted octanol–water partition coefficient (Wildman–Crippen LogP) is 1.80. The zero-order valence-electron chi connectivity index (χ0n) is 11.2. The molecule has 106 valence electrons. The summed E-state index contributed by atoms with van der Waals surface area (Å²) in [5, 5.41) is 7.72. The third-order valence-corrected chi connectivity index (χ3v) is 5.20. The molecule has 2 saturated heterocycles. The van der Waals surface area contributed by atoms with E-state index in [1.54, 1.807) is 6.20 Å². The van der Waals surface area contributed by atoms with Crippen molar-refractivity contribution in [1.82, 2.24) is 19.9 Å². The summed E-state index contributed by atoms with van der Waals surface area (Å²) >= 11 is 3.45. The number of nitrogens with one attached hydrogen (secondary N) is 1. The van der Waals surface area contributed by atoms with Crippen LogP contribution in [0.1, 0.15) is 18.4 Å². The summed E-state index contributed by atoms with van der Waals surface area (Å²) < 4.78 is 8.61. The SMILES string of the molecule is Brc1cnn2cc(CC3OCC34CCNCC4)cnc12. The highest BCUT2D eigenvalue weighted by Gasteiger charge is 2.48. The van der Waals surface area contributed by atoms with Gasteiger partial charge in [0.15, 0.2) is 5.65 Å². The summed E-state index contributed by atoms with van der Waals surface area (Å²) in [6, 6.07) is 0. The average Bonchev–Trinajstić information content (AvgIpc) is 2.86. The van der Waals surface area contributed by atoms with Gasteiger partial charge in [-0.2, -0.15) is 5.10 Å². The van der Waals surface area contributed by atoms with Gasteiger partial charge in [0.1, 0.15) is 0 Å². The van der Waals surface area contributed by atoms with Crippen molar-refractivity contribution in [3.05, 3.63) is 28.6 Å². The summed E-state index contributed by atoms with van der Waals surface area (Å²) in [7, 11) is 0. The van der Waals surface area contributed by atoms with Crippen LogP contribution >= 0.6 is 15.9 Å². The highest BCUT2D eigenvalue weighted by Crippen LogP contribution is 2.44. The number of hydrogen-bond donors (Lipinski definition) is 1. The van der Waals surface area contributed by atoms with E-state index in [9.17, 15) is 0 Å². The second-order valence-corrected chi connectivity index (χ2v) is 6.69. The minimum Gasteiger partial charge on any atom is -0.377 e. The van der Waals surface area contributed by atoms with Gasteiger partial charge in [-0.15, -0.1) is 0 Å². The molecular formula is C14H17BrN4O. The lowest BCUT2D eigenvalue weighted by atomic mass is 9.69. The molecule has 0 saturated carbocycles. The molecule has 0 bridgehead atoms. The Morgan fingerprint density at radius 1 is 1.40 bits per heavy atom. The number of halogens is 1. The number of hydrogen-bond acceptors (Lipinski definition) is 4. The first-order chi connectivity index (χ1) is 9.77. The van der Waals surface area contributed by atoms with Crippen molar-refractivity contribution in [3.63, 3.8) is 0 Å². The van der Waals surface area contributed by atoms with Gasteiger partial charge < -0.3 is 10.1 Å². The third-order valence-electron chi connectivity index (χ3n) is 4.64. The predicted molar refractivity (Wildman–Crippen MR) is 78.7 cm³/mol. The van der Waals surface area contributed by atoms with E-state index in [-0.39, 0.29) is 0 Å². The fourth-order valence-electron chi connectivity index (χ4n) is 3.31. The summed E-state index contributed by atoms with van der Waals surface area (Å²) in [5.41, 5.74) is 2.45. The first-order valence-corrected chi connectivity index (χ1v) is 7.86. The smallest absolute Gasteiger partial charge is 0.169 e. The minimum absolute atomic E-state index is 0.336. The molecule has 6 heteroatoms. The van der Waals surface area contributed by atoms with E-state index in [4.69, 9.17) is 4.74 Å². The fraction of sp³-hybridized carbons (Fsp3) is 0.571. The molecule has 2 aromatic rings. The lowest BCUT2D eigenvalue weighted by molar-refractivity contribution is -0.197.